The van der Waals surface area contributed by atoms with E-state index in [-0.39, 0.29) is 23.8 Å². The summed E-state index contributed by atoms with van der Waals surface area (Å²) in [4.78, 5) is 14.7. The van der Waals surface area contributed by atoms with E-state index in [4.69, 9.17) is 9.16 Å². The molecule has 1 aliphatic heterocycles. The summed E-state index contributed by atoms with van der Waals surface area (Å²) >= 11 is 0. The number of amides is 1. The first kappa shape index (κ1) is 23.6. The smallest absolute Gasteiger partial charge is 0.414 e. The Labute approximate surface area is 176 Å². The highest BCUT2D eigenvalue weighted by molar-refractivity contribution is 6.74. The summed E-state index contributed by atoms with van der Waals surface area (Å²) in [5.74, 6) is 0. The highest BCUT2D eigenvalue weighted by Gasteiger charge is 2.40. The van der Waals surface area contributed by atoms with Crippen molar-refractivity contribution in [2.45, 2.75) is 83.8 Å². The van der Waals surface area contributed by atoms with Gasteiger partial charge >= 0.3 is 6.09 Å². The average Bonchev–Trinajstić information content (AvgIpc) is 2.64. The minimum Gasteiger partial charge on any atom is -0.444 e. The van der Waals surface area contributed by atoms with E-state index in [9.17, 15) is 9.90 Å². The van der Waals surface area contributed by atoms with Crippen LogP contribution < -0.4 is 0 Å². The van der Waals surface area contributed by atoms with E-state index in [1.807, 2.05) is 30.3 Å². The molecule has 0 fully saturated rings. The summed E-state index contributed by atoms with van der Waals surface area (Å²) in [6, 6.07) is 9.45. The van der Waals surface area contributed by atoms with Crippen LogP contribution in [0.15, 0.2) is 42.1 Å². The Hall–Kier alpha value is -1.63. The van der Waals surface area contributed by atoms with Crippen LogP contribution in [0.4, 0.5) is 4.79 Å². The van der Waals surface area contributed by atoms with Crippen LogP contribution >= 0.6 is 0 Å². The average molecular weight is 420 g/mol. The minimum absolute atomic E-state index is 0.0843. The highest BCUT2D eigenvalue weighted by Crippen LogP contribution is 2.37. The molecule has 1 aromatic carbocycles. The molecule has 1 heterocycles. The van der Waals surface area contributed by atoms with E-state index in [1.54, 1.807) is 11.0 Å². The molecule has 0 radical (unpaired) electrons. The standard InChI is InChI=1S/C23H37NO4Si/c1-7-11-19-14-21(25)15-20(17-28-29(5,6)23(2,3)4)24(19)22(26)27-16-18-12-9-8-10-13-18/h8-10,12-14,20-21,25H,7,11,15-17H2,1-6H3/t20-,21-/m1/s1. The molecule has 1 N–H and O–H groups in total. The summed E-state index contributed by atoms with van der Waals surface area (Å²) in [6.07, 6.45) is 2.91. The zero-order valence-corrected chi connectivity index (χ0v) is 19.8. The van der Waals surface area contributed by atoms with E-state index in [0.717, 1.165) is 17.7 Å². The van der Waals surface area contributed by atoms with Gasteiger partial charge < -0.3 is 14.3 Å². The van der Waals surface area contributed by atoms with Crippen LogP contribution in [0.25, 0.3) is 0 Å². The molecule has 0 unspecified atom stereocenters. The van der Waals surface area contributed by atoms with Crippen molar-refractivity contribution >= 4 is 14.4 Å². The molecule has 0 saturated heterocycles. The molecule has 29 heavy (non-hydrogen) atoms. The van der Waals surface area contributed by atoms with Gasteiger partial charge in [0.05, 0.1) is 18.8 Å². The number of carbonyl (C=O) groups is 1. The van der Waals surface area contributed by atoms with Crippen LogP contribution in [-0.4, -0.2) is 43.2 Å². The number of rotatable bonds is 7. The molecular weight excluding hydrogens is 382 g/mol. The van der Waals surface area contributed by atoms with Crippen LogP contribution in [0.1, 0.15) is 52.5 Å². The highest BCUT2D eigenvalue weighted by atomic mass is 28.4. The third-order valence-electron chi connectivity index (χ3n) is 5.92. The van der Waals surface area contributed by atoms with Gasteiger partial charge in [-0.3, -0.25) is 4.90 Å². The second kappa shape index (κ2) is 9.91. The van der Waals surface area contributed by atoms with Gasteiger partial charge in [0.25, 0.3) is 0 Å². The van der Waals surface area contributed by atoms with Crippen LogP contribution in [0.3, 0.4) is 0 Å². The minimum atomic E-state index is -1.97. The largest absolute Gasteiger partial charge is 0.444 e. The number of aliphatic hydroxyl groups is 1. The van der Waals surface area contributed by atoms with Crippen molar-refractivity contribution < 1.29 is 19.1 Å². The van der Waals surface area contributed by atoms with Gasteiger partial charge in [-0.15, -0.1) is 0 Å². The fraction of sp³-hybridized carbons (Fsp3) is 0.609. The van der Waals surface area contributed by atoms with Crippen molar-refractivity contribution in [2.24, 2.45) is 0 Å². The predicted octanol–water partition coefficient (Wildman–Crippen LogP) is 5.46. The van der Waals surface area contributed by atoms with Crippen molar-refractivity contribution in [1.82, 2.24) is 4.90 Å². The fourth-order valence-electron chi connectivity index (χ4n) is 3.17. The van der Waals surface area contributed by atoms with Gasteiger partial charge in [-0.1, -0.05) is 64.4 Å². The number of carbonyl (C=O) groups excluding carboxylic acids is 1. The topological polar surface area (TPSA) is 59.0 Å². The molecule has 0 bridgehead atoms. The molecule has 0 saturated carbocycles. The summed E-state index contributed by atoms with van der Waals surface area (Å²) < 4.78 is 12.0. The lowest BCUT2D eigenvalue weighted by molar-refractivity contribution is 0.0545. The number of allylic oxidation sites excluding steroid dienone is 1. The molecule has 0 aromatic heterocycles. The lowest BCUT2D eigenvalue weighted by atomic mass is 9.99. The Morgan fingerprint density at radius 2 is 1.90 bits per heavy atom. The van der Waals surface area contributed by atoms with Gasteiger partial charge in [0.15, 0.2) is 8.32 Å². The maximum atomic E-state index is 13.0. The van der Waals surface area contributed by atoms with Crippen molar-refractivity contribution in [3.8, 4) is 0 Å². The first-order chi connectivity index (χ1) is 13.5. The molecule has 6 heteroatoms. The molecule has 2 rings (SSSR count). The molecule has 162 valence electrons. The van der Waals surface area contributed by atoms with Crippen LogP contribution in [0, 0.1) is 0 Å². The monoisotopic (exact) mass is 419 g/mol. The quantitative estimate of drug-likeness (QED) is 0.596. The second-order valence-electron chi connectivity index (χ2n) is 9.35. The molecule has 0 spiro atoms. The first-order valence-electron chi connectivity index (χ1n) is 10.6. The third kappa shape index (κ3) is 6.42. The van der Waals surface area contributed by atoms with Crippen LogP contribution in [-0.2, 0) is 15.8 Å². The zero-order chi connectivity index (χ0) is 21.7. The van der Waals surface area contributed by atoms with E-state index in [1.165, 1.54) is 0 Å². The Kier molecular flexibility index (Phi) is 8.08. The number of benzene rings is 1. The SMILES string of the molecule is CCCC1=C[C@@H](O)C[C@H](CO[Si](C)(C)C(C)(C)C)N1C(=O)OCc1ccccc1. The van der Waals surface area contributed by atoms with Crippen molar-refractivity contribution in [2.75, 3.05) is 6.61 Å². The Balaban J connectivity index is 2.16. The fourth-order valence-corrected chi connectivity index (χ4v) is 4.21. The number of hydrogen-bond acceptors (Lipinski definition) is 4. The predicted molar refractivity (Wildman–Crippen MR) is 119 cm³/mol. The van der Waals surface area contributed by atoms with E-state index in [2.05, 4.69) is 40.8 Å². The maximum absolute atomic E-state index is 13.0. The van der Waals surface area contributed by atoms with Gasteiger partial charge in [0, 0.05) is 12.1 Å². The second-order valence-corrected chi connectivity index (χ2v) is 14.2. The van der Waals surface area contributed by atoms with Crippen LogP contribution in [0.5, 0.6) is 0 Å². The summed E-state index contributed by atoms with van der Waals surface area (Å²) in [5, 5.41) is 10.5. The summed E-state index contributed by atoms with van der Waals surface area (Å²) in [7, 11) is -1.97. The van der Waals surface area contributed by atoms with Gasteiger partial charge in [-0.25, -0.2) is 4.79 Å². The molecule has 5 nitrogen and oxygen atoms in total. The molecule has 1 aromatic rings. The molecule has 0 aliphatic carbocycles. The molecule has 1 aliphatic rings. The molecular formula is C23H37NO4Si. The number of aliphatic hydroxyl groups excluding tert-OH is 1. The zero-order valence-electron chi connectivity index (χ0n) is 18.8. The molecule has 2 atom stereocenters. The van der Waals surface area contributed by atoms with E-state index >= 15 is 0 Å². The van der Waals surface area contributed by atoms with Gasteiger partial charge in [-0.2, -0.15) is 0 Å². The Morgan fingerprint density at radius 1 is 1.24 bits per heavy atom. The molecule has 1 amide bonds. The number of nitrogens with zero attached hydrogens (tertiary/aromatic N) is 1. The van der Waals surface area contributed by atoms with Crippen LogP contribution in [0.2, 0.25) is 18.1 Å². The van der Waals surface area contributed by atoms with Gasteiger partial charge in [0.1, 0.15) is 6.61 Å². The summed E-state index contributed by atoms with van der Waals surface area (Å²) in [6.45, 7) is 13.7. The van der Waals surface area contributed by atoms with Crippen molar-refractivity contribution in [3.63, 3.8) is 0 Å². The Morgan fingerprint density at radius 3 is 2.48 bits per heavy atom. The first-order valence-corrected chi connectivity index (χ1v) is 13.5. The number of ether oxygens (including phenoxy) is 1. The van der Waals surface area contributed by atoms with Gasteiger partial charge in [-0.05, 0) is 36.2 Å². The maximum Gasteiger partial charge on any atom is 0.414 e. The van der Waals surface area contributed by atoms with E-state index < -0.39 is 14.4 Å². The van der Waals surface area contributed by atoms with Crippen molar-refractivity contribution in [3.05, 3.63) is 47.7 Å². The lowest BCUT2D eigenvalue weighted by Crippen LogP contribution is -2.50. The summed E-state index contributed by atoms with van der Waals surface area (Å²) in [5.41, 5.74) is 1.78. The lowest BCUT2D eigenvalue weighted by Gasteiger charge is -2.41. The number of hydrogen-bond donors (Lipinski definition) is 1. The van der Waals surface area contributed by atoms with Gasteiger partial charge in [0.2, 0.25) is 0 Å². The Bertz CT molecular complexity index is 697. The van der Waals surface area contributed by atoms with Crippen molar-refractivity contribution in [1.29, 1.82) is 0 Å². The third-order valence-corrected chi connectivity index (χ3v) is 10.4. The normalized spacial score (nSPS) is 20.4. The van der Waals surface area contributed by atoms with E-state index in [0.29, 0.717) is 19.4 Å².